The second-order valence-electron chi connectivity index (χ2n) is 9.42. The van der Waals surface area contributed by atoms with E-state index in [0.717, 1.165) is 35.6 Å². The highest BCUT2D eigenvalue weighted by atomic mass is 32.2. The quantitative estimate of drug-likeness (QED) is 0.489. The van der Waals surface area contributed by atoms with Gasteiger partial charge in [-0.25, -0.2) is 28.4 Å². The van der Waals surface area contributed by atoms with Gasteiger partial charge in [0.15, 0.2) is 5.03 Å². The molecule has 3 aliphatic heterocycles. The summed E-state index contributed by atoms with van der Waals surface area (Å²) in [5.41, 5.74) is 8.29. The van der Waals surface area contributed by atoms with Crippen LogP contribution in [0.25, 0.3) is 11.3 Å². The predicted octanol–water partition coefficient (Wildman–Crippen LogP) is -0.0900. The summed E-state index contributed by atoms with van der Waals surface area (Å²) in [6.45, 7) is 5.49. The van der Waals surface area contributed by atoms with Crippen LogP contribution in [-0.4, -0.2) is 93.7 Å². The number of sulfonamides is 1. The van der Waals surface area contributed by atoms with Crippen molar-refractivity contribution in [1.82, 2.24) is 33.8 Å². The van der Waals surface area contributed by atoms with Crippen LogP contribution in [0.15, 0.2) is 29.9 Å². The van der Waals surface area contributed by atoms with Gasteiger partial charge in [0.2, 0.25) is 11.9 Å². The van der Waals surface area contributed by atoms with Gasteiger partial charge in [-0.3, -0.25) is 0 Å². The number of nitrogens with zero attached hydrogens (tertiary/aromatic N) is 9. The van der Waals surface area contributed by atoms with Crippen LogP contribution >= 0.6 is 0 Å². The van der Waals surface area contributed by atoms with Gasteiger partial charge < -0.3 is 24.8 Å². The second-order valence-corrected chi connectivity index (χ2v) is 11.3. The largest absolute Gasteiger partial charge is 0.377 e. The number of fused-ring (bicyclic) bond motifs is 1. The number of aryl methyl sites for hydroxylation is 1. The Hall–Kier alpha value is -3.36. The van der Waals surface area contributed by atoms with E-state index in [1.165, 1.54) is 16.8 Å². The summed E-state index contributed by atoms with van der Waals surface area (Å²) in [5.74, 6) is 1.67. The number of rotatable bonds is 5. The maximum Gasteiger partial charge on any atom is 0.262 e. The number of imidazole rings is 1. The van der Waals surface area contributed by atoms with Crippen molar-refractivity contribution in [2.45, 2.75) is 30.5 Å². The second kappa shape index (κ2) is 8.64. The maximum absolute atomic E-state index is 13.0. The molecule has 0 radical (unpaired) electrons. The van der Waals surface area contributed by atoms with E-state index in [1.54, 1.807) is 24.0 Å². The van der Waals surface area contributed by atoms with Gasteiger partial charge in [0.05, 0.1) is 37.3 Å². The number of nitrogen functional groups attached to an aromatic ring is 1. The summed E-state index contributed by atoms with van der Waals surface area (Å²) >= 11 is 0. The lowest BCUT2D eigenvalue weighted by Crippen LogP contribution is -2.61. The van der Waals surface area contributed by atoms with Crippen molar-refractivity contribution in [3.05, 3.63) is 30.5 Å². The standard InChI is InChI=1S/C22H28N10O3S/c1-14-12-35-6-5-31(14)22-27-19(15-7-24-21(23)25-8-15)17-3-4-32(20(17)28-22)16-9-30(10-16)36(33,34)18-11-29(2)13-26-18/h7-8,11,13-14,16H,3-6,9-10,12H2,1-2H3,(H2,23,24,25). The fourth-order valence-electron chi connectivity index (χ4n) is 4.94. The Labute approximate surface area is 209 Å². The maximum atomic E-state index is 13.0. The number of hydrogen-bond acceptors (Lipinski definition) is 11. The number of hydrogen-bond donors (Lipinski definition) is 1. The Bertz CT molecular complexity index is 1390. The van der Waals surface area contributed by atoms with Crippen molar-refractivity contribution in [2.24, 2.45) is 7.05 Å². The van der Waals surface area contributed by atoms with Gasteiger partial charge in [-0.1, -0.05) is 0 Å². The fraction of sp³-hybridized carbons (Fsp3) is 0.500. The molecule has 2 fully saturated rings. The lowest BCUT2D eigenvalue weighted by molar-refractivity contribution is 0.0981. The number of ether oxygens (including phenoxy) is 1. The van der Waals surface area contributed by atoms with E-state index in [0.29, 0.717) is 38.8 Å². The summed E-state index contributed by atoms with van der Waals surface area (Å²) in [6, 6.07) is 0.148. The van der Waals surface area contributed by atoms with Crippen molar-refractivity contribution in [1.29, 1.82) is 0 Å². The summed E-state index contributed by atoms with van der Waals surface area (Å²) < 4.78 is 34.6. The minimum Gasteiger partial charge on any atom is -0.377 e. The first-order valence-electron chi connectivity index (χ1n) is 11.9. The Kier molecular flexibility index (Phi) is 5.53. The number of morpholine rings is 1. The van der Waals surface area contributed by atoms with Gasteiger partial charge in [0.1, 0.15) is 5.82 Å². The van der Waals surface area contributed by atoms with Crippen LogP contribution in [0.5, 0.6) is 0 Å². The molecule has 36 heavy (non-hydrogen) atoms. The summed E-state index contributed by atoms with van der Waals surface area (Å²) in [6.07, 6.45) is 7.14. The molecule has 13 nitrogen and oxygen atoms in total. The molecule has 0 saturated carbocycles. The van der Waals surface area contributed by atoms with Gasteiger partial charge >= 0.3 is 0 Å². The van der Waals surface area contributed by atoms with E-state index >= 15 is 0 Å². The Balaban J connectivity index is 1.32. The molecule has 6 rings (SSSR count). The van der Waals surface area contributed by atoms with E-state index in [4.69, 9.17) is 20.4 Å². The molecule has 1 unspecified atom stereocenters. The van der Waals surface area contributed by atoms with E-state index in [2.05, 4.69) is 31.7 Å². The highest BCUT2D eigenvalue weighted by Gasteiger charge is 2.43. The molecule has 3 aromatic rings. The Morgan fingerprint density at radius 3 is 2.56 bits per heavy atom. The number of anilines is 3. The van der Waals surface area contributed by atoms with Gasteiger partial charge in [-0.05, 0) is 13.3 Å². The molecule has 0 spiro atoms. The molecule has 3 aromatic heterocycles. The Morgan fingerprint density at radius 1 is 1.08 bits per heavy atom. The van der Waals surface area contributed by atoms with E-state index in [-0.39, 0.29) is 23.1 Å². The van der Waals surface area contributed by atoms with Gasteiger partial charge in [-0.2, -0.15) is 9.29 Å². The summed E-state index contributed by atoms with van der Waals surface area (Å²) in [5, 5.41) is 0.0711. The first kappa shape index (κ1) is 23.1. The zero-order valence-corrected chi connectivity index (χ0v) is 21.0. The normalized spacial score (nSPS) is 21.0. The molecular formula is C22H28N10O3S. The third-order valence-corrected chi connectivity index (χ3v) is 8.69. The number of aromatic nitrogens is 6. The highest BCUT2D eigenvalue weighted by molar-refractivity contribution is 7.89. The topological polar surface area (TPSA) is 148 Å². The van der Waals surface area contributed by atoms with Crippen molar-refractivity contribution in [3.63, 3.8) is 0 Å². The van der Waals surface area contributed by atoms with Crippen molar-refractivity contribution < 1.29 is 13.2 Å². The predicted molar refractivity (Wildman–Crippen MR) is 132 cm³/mol. The van der Waals surface area contributed by atoms with Gasteiger partial charge in [0.25, 0.3) is 10.0 Å². The smallest absolute Gasteiger partial charge is 0.262 e. The molecule has 1 atom stereocenters. The van der Waals surface area contributed by atoms with Gasteiger partial charge in [0, 0.05) is 62.9 Å². The van der Waals surface area contributed by atoms with Crippen LogP contribution in [0.3, 0.4) is 0 Å². The molecule has 0 aromatic carbocycles. The van der Waals surface area contributed by atoms with Gasteiger partial charge in [-0.15, -0.1) is 0 Å². The molecular weight excluding hydrogens is 484 g/mol. The molecule has 2 saturated heterocycles. The fourth-order valence-corrected chi connectivity index (χ4v) is 6.42. The van der Waals surface area contributed by atoms with Crippen molar-refractivity contribution in [3.8, 4) is 11.3 Å². The van der Waals surface area contributed by atoms with Crippen molar-refractivity contribution in [2.75, 3.05) is 54.9 Å². The zero-order valence-electron chi connectivity index (χ0n) is 20.1. The van der Waals surface area contributed by atoms with E-state index < -0.39 is 10.0 Å². The van der Waals surface area contributed by atoms with Crippen LogP contribution in [0.4, 0.5) is 17.7 Å². The average molecular weight is 513 g/mol. The molecule has 0 aliphatic carbocycles. The van der Waals surface area contributed by atoms with Crippen LogP contribution in [0.1, 0.15) is 12.5 Å². The third kappa shape index (κ3) is 3.85. The molecule has 190 valence electrons. The van der Waals surface area contributed by atoms with E-state index in [9.17, 15) is 8.42 Å². The zero-order chi connectivity index (χ0) is 25.0. The molecule has 14 heteroatoms. The van der Waals surface area contributed by atoms with E-state index in [1.807, 2.05) is 0 Å². The SMILES string of the molecule is CC1COCCN1c1nc(-c2cnc(N)nc2)c2c(n1)N(C1CN(S(=O)(=O)c3cn(C)cn3)C1)CC2. The minimum atomic E-state index is -3.62. The minimum absolute atomic E-state index is 0.0186. The first-order chi connectivity index (χ1) is 17.3. The summed E-state index contributed by atoms with van der Waals surface area (Å²) in [4.78, 5) is 26.7. The Morgan fingerprint density at radius 2 is 1.86 bits per heavy atom. The lowest BCUT2D eigenvalue weighted by atomic mass is 10.1. The average Bonchev–Trinajstić information content (AvgIpc) is 3.45. The molecule has 0 bridgehead atoms. The van der Waals surface area contributed by atoms with Crippen LogP contribution in [0.2, 0.25) is 0 Å². The highest BCUT2D eigenvalue weighted by Crippen LogP contribution is 2.38. The third-order valence-electron chi connectivity index (χ3n) is 6.97. The molecule has 6 heterocycles. The first-order valence-corrected chi connectivity index (χ1v) is 13.3. The van der Waals surface area contributed by atoms with Crippen LogP contribution in [-0.2, 0) is 28.2 Å². The van der Waals surface area contributed by atoms with Crippen molar-refractivity contribution >= 4 is 27.7 Å². The summed E-state index contributed by atoms with van der Waals surface area (Å²) in [7, 11) is -1.87. The lowest BCUT2D eigenvalue weighted by Gasteiger charge is -2.43. The molecule has 0 amide bonds. The monoisotopic (exact) mass is 512 g/mol. The van der Waals surface area contributed by atoms with Crippen LogP contribution in [0, 0.1) is 0 Å². The number of nitrogens with two attached hydrogens (primary N) is 1. The van der Waals surface area contributed by atoms with Crippen LogP contribution < -0.4 is 15.5 Å². The molecule has 3 aliphatic rings. The molecule has 2 N–H and O–H groups in total.